The van der Waals surface area contributed by atoms with E-state index in [4.69, 9.17) is 9.47 Å². The maximum atomic E-state index is 14.4. The summed E-state index contributed by atoms with van der Waals surface area (Å²) in [6.45, 7) is 13.6. The van der Waals surface area contributed by atoms with Gasteiger partial charge in [0.15, 0.2) is 0 Å². The van der Waals surface area contributed by atoms with Crippen LogP contribution in [-0.4, -0.2) is 89.6 Å². The molecule has 1 saturated heterocycles. The first-order valence-electron chi connectivity index (χ1n) is 17.0. The second-order valence-electron chi connectivity index (χ2n) is 15.7. The molecular formula is C35H44F3N5O9S. The topological polar surface area (TPSA) is 182 Å². The standard InChI is InChI=1S/C35H44F3N5O9S/c1-8-20-17-34(20,30(46)42-53(48,49)23-10-11-23)41-27(44)25-16-22(18-43(25)29(45)26(32(2,3)4)40-31(47)52-33(5,6)7)50-28-24-12-9-21(51-35(36,37)38)15-19(24)13-14-39-28/h8-9,12-15,20,22-23,25-26H,1,10-11,16-18H2,2-7H3,(H,40,47)(H,41,44)(H,42,46). The summed E-state index contributed by atoms with van der Waals surface area (Å²) in [6.07, 6.45) is -3.17. The highest BCUT2D eigenvalue weighted by Gasteiger charge is 2.62. The Labute approximate surface area is 305 Å². The molecule has 1 aliphatic heterocycles. The highest BCUT2D eigenvalue weighted by atomic mass is 32.2. The smallest absolute Gasteiger partial charge is 0.472 e. The van der Waals surface area contributed by atoms with Crippen molar-refractivity contribution < 1.29 is 55.0 Å². The largest absolute Gasteiger partial charge is 0.573 e. The molecule has 0 spiro atoms. The number of fused-ring (bicyclic) bond motifs is 1. The Balaban J connectivity index is 1.44. The Kier molecular flexibility index (Phi) is 10.4. The van der Waals surface area contributed by atoms with Crippen molar-refractivity contribution in [3.05, 3.63) is 43.1 Å². The van der Waals surface area contributed by atoms with Crippen LogP contribution in [0.1, 0.15) is 67.2 Å². The van der Waals surface area contributed by atoms with E-state index in [1.807, 2.05) is 0 Å². The number of sulfonamides is 1. The molecule has 1 aromatic heterocycles. The normalized spacial score (nSPS) is 23.8. The van der Waals surface area contributed by atoms with Gasteiger partial charge in [-0.15, -0.1) is 19.8 Å². The molecule has 18 heteroatoms. The Morgan fingerprint density at radius 1 is 1.08 bits per heavy atom. The number of likely N-dealkylation sites (tertiary alicyclic amines) is 1. The van der Waals surface area contributed by atoms with Crippen molar-refractivity contribution >= 4 is 44.6 Å². The van der Waals surface area contributed by atoms with E-state index in [1.165, 1.54) is 29.3 Å². The summed E-state index contributed by atoms with van der Waals surface area (Å²) in [5.41, 5.74) is -3.42. The predicted molar refractivity (Wildman–Crippen MR) is 185 cm³/mol. The second kappa shape index (κ2) is 14.0. The number of benzene rings is 1. The molecule has 14 nitrogen and oxygen atoms in total. The van der Waals surface area contributed by atoms with Crippen LogP contribution in [0.3, 0.4) is 0 Å². The van der Waals surface area contributed by atoms with Gasteiger partial charge in [-0.05, 0) is 75.1 Å². The summed E-state index contributed by atoms with van der Waals surface area (Å²) in [5, 5.41) is 5.26. The molecule has 3 aliphatic rings. The molecule has 0 radical (unpaired) electrons. The number of rotatable bonds is 11. The second-order valence-corrected chi connectivity index (χ2v) is 17.6. The molecular weight excluding hydrogens is 723 g/mol. The molecule has 1 aromatic carbocycles. The van der Waals surface area contributed by atoms with Gasteiger partial charge in [0.25, 0.3) is 5.91 Å². The third kappa shape index (κ3) is 9.31. The molecule has 2 heterocycles. The first kappa shape index (κ1) is 39.6. The molecule has 3 fully saturated rings. The number of halogens is 3. The van der Waals surface area contributed by atoms with E-state index in [-0.39, 0.29) is 25.3 Å². The van der Waals surface area contributed by atoms with E-state index in [0.29, 0.717) is 23.6 Å². The summed E-state index contributed by atoms with van der Waals surface area (Å²) >= 11 is 0. The number of nitrogens with zero attached hydrogens (tertiary/aromatic N) is 2. The molecule has 0 bridgehead atoms. The number of alkyl carbamates (subject to hydrolysis) is 1. The van der Waals surface area contributed by atoms with Gasteiger partial charge in [0.2, 0.25) is 27.7 Å². The third-order valence-corrected chi connectivity index (χ3v) is 10.9. The van der Waals surface area contributed by atoms with E-state index in [2.05, 4.69) is 31.7 Å². The first-order valence-corrected chi connectivity index (χ1v) is 18.6. The maximum Gasteiger partial charge on any atom is 0.573 e. The zero-order valence-corrected chi connectivity index (χ0v) is 31.0. The van der Waals surface area contributed by atoms with Crippen LogP contribution >= 0.6 is 0 Å². The van der Waals surface area contributed by atoms with E-state index in [9.17, 15) is 40.8 Å². The number of aromatic nitrogens is 1. The molecule has 5 unspecified atom stereocenters. The van der Waals surface area contributed by atoms with Crippen molar-refractivity contribution in [3.63, 3.8) is 0 Å². The lowest BCUT2D eigenvalue weighted by Crippen LogP contribution is -2.60. The van der Waals surface area contributed by atoms with Crippen molar-refractivity contribution in [3.8, 4) is 11.6 Å². The van der Waals surface area contributed by atoms with Crippen LogP contribution in [0.2, 0.25) is 0 Å². The number of nitrogens with one attached hydrogen (secondary N) is 3. The van der Waals surface area contributed by atoms with Gasteiger partial charge in [0.1, 0.15) is 35.1 Å². The highest BCUT2D eigenvalue weighted by Crippen LogP contribution is 2.45. The summed E-state index contributed by atoms with van der Waals surface area (Å²) in [5.74, 6) is -3.41. The van der Waals surface area contributed by atoms with Crippen molar-refractivity contribution in [2.75, 3.05) is 6.54 Å². The fourth-order valence-corrected chi connectivity index (χ4v) is 7.58. The van der Waals surface area contributed by atoms with Crippen LogP contribution in [0, 0.1) is 11.3 Å². The SMILES string of the molecule is C=CC1CC1(NC(=O)C1CC(Oc2nccc3cc(OC(F)(F)F)ccc23)CN1C(=O)C(NC(=O)OC(C)(C)C)C(C)(C)C)C(=O)NS(=O)(=O)C1CC1. The number of pyridine rings is 1. The number of carbonyl (C=O) groups is 4. The summed E-state index contributed by atoms with van der Waals surface area (Å²) in [7, 11) is -3.96. The van der Waals surface area contributed by atoms with Gasteiger partial charge < -0.3 is 29.7 Å². The first-order chi connectivity index (χ1) is 24.4. The lowest BCUT2D eigenvalue weighted by molar-refractivity contribution is -0.274. The fourth-order valence-electron chi connectivity index (χ4n) is 6.21. The van der Waals surface area contributed by atoms with E-state index in [0.717, 1.165) is 12.1 Å². The van der Waals surface area contributed by atoms with Crippen LogP contribution in [-0.2, 0) is 29.1 Å². The Morgan fingerprint density at radius 2 is 1.75 bits per heavy atom. The van der Waals surface area contributed by atoms with Crippen LogP contribution in [0.4, 0.5) is 18.0 Å². The van der Waals surface area contributed by atoms with Gasteiger partial charge in [-0.1, -0.05) is 26.8 Å². The highest BCUT2D eigenvalue weighted by molar-refractivity contribution is 7.91. The lowest BCUT2D eigenvalue weighted by atomic mass is 9.85. The summed E-state index contributed by atoms with van der Waals surface area (Å²) in [4.78, 5) is 60.4. The molecule has 5 rings (SSSR count). The quantitative estimate of drug-likeness (QED) is 0.282. The Bertz CT molecular complexity index is 1910. The molecule has 3 N–H and O–H groups in total. The summed E-state index contributed by atoms with van der Waals surface area (Å²) in [6, 6.07) is 2.56. The van der Waals surface area contributed by atoms with Crippen LogP contribution in [0.5, 0.6) is 11.6 Å². The molecule has 290 valence electrons. The lowest BCUT2D eigenvalue weighted by Gasteiger charge is -2.36. The third-order valence-electron chi connectivity index (χ3n) is 9.08. The monoisotopic (exact) mass is 767 g/mol. The Hall–Kier alpha value is -4.61. The number of amides is 4. The Morgan fingerprint density at radius 3 is 2.32 bits per heavy atom. The molecule has 2 aromatic rings. The molecule has 5 atom stereocenters. The van der Waals surface area contributed by atoms with Crippen molar-refractivity contribution in [2.24, 2.45) is 11.3 Å². The fraction of sp³-hybridized carbons (Fsp3) is 0.571. The zero-order chi connectivity index (χ0) is 39.3. The van der Waals surface area contributed by atoms with E-state index >= 15 is 0 Å². The number of carbonyl (C=O) groups excluding carboxylic acids is 4. The molecule has 2 aliphatic carbocycles. The van der Waals surface area contributed by atoms with Gasteiger partial charge >= 0.3 is 12.5 Å². The van der Waals surface area contributed by atoms with Gasteiger partial charge in [0, 0.05) is 23.9 Å². The average Bonchev–Trinajstić information content (AvgIpc) is 3.94. The molecule has 4 amide bonds. The van der Waals surface area contributed by atoms with Crippen molar-refractivity contribution in [1.82, 2.24) is 25.2 Å². The maximum absolute atomic E-state index is 14.4. The minimum atomic E-state index is -4.91. The van der Waals surface area contributed by atoms with E-state index < -0.39 is 91.9 Å². The van der Waals surface area contributed by atoms with Gasteiger partial charge in [0.05, 0.1) is 11.8 Å². The van der Waals surface area contributed by atoms with Gasteiger partial charge in [-0.2, -0.15) is 0 Å². The number of hydrogen-bond donors (Lipinski definition) is 3. The minimum Gasteiger partial charge on any atom is -0.472 e. The summed E-state index contributed by atoms with van der Waals surface area (Å²) < 4.78 is 81.6. The molecule has 53 heavy (non-hydrogen) atoms. The predicted octanol–water partition coefficient (Wildman–Crippen LogP) is 4.09. The van der Waals surface area contributed by atoms with Crippen molar-refractivity contribution in [1.29, 1.82) is 0 Å². The number of alkyl halides is 3. The van der Waals surface area contributed by atoms with Gasteiger partial charge in [-0.3, -0.25) is 19.1 Å². The minimum absolute atomic E-state index is 0.00816. The molecule has 2 saturated carbocycles. The number of hydrogen-bond acceptors (Lipinski definition) is 10. The zero-order valence-electron chi connectivity index (χ0n) is 30.2. The average molecular weight is 768 g/mol. The van der Waals surface area contributed by atoms with Gasteiger partial charge in [-0.25, -0.2) is 18.2 Å². The number of ether oxygens (including phenoxy) is 3. The van der Waals surface area contributed by atoms with E-state index in [1.54, 1.807) is 41.5 Å². The van der Waals surface area contributed by atoms with Crippen LogP contribution in [0.15, 0.2) is 43.1 Å². The van der Waals surface area contributed by atoms with Crippen LogP contribution < -0.4 is 24.8 Å². The van der Waals surface area contributed by atoms with Crippen LogP contribution in [0.25, 0.3) is 10.8 Å². The van der Waals surface area contributed by atoms with Crippen molar-refractivity contribution in [2.45, 2.75) is 108 Å².